The molecule has 0 spiro atoms. The summed E-state index contributed by atoms with van der Waals surface area (Å²) in [4.78, 5) is 31.5. The summed E-state index contributed by atoms with van der Waals surface area (Å²) in [5, 5.41) is 6.78. The van der Waals surface area contributed by atoms with Crippen molar-refractivity contribution in [2.24, 2.45) is 0 Å². The third kappa shape index (κ3) is 3.50. The van der Waals surface area contributed by atoms with Crippen LogP contribution in [0.3, 0.4) is 0 Å². The van der Waals surface area contributed by atoms with Crippen LogP contribution in [0.25, 0.3) is 0 Å². The molecule has 2 aliphatic rings. The third-order valence-corrected chi connectivity index (χ3v) is 4.16. The predicted molar refractivity (Wildman–Crippen MR) is 80.5 cm³/mol. The number of carbonyl (C=O) groups excluding carboxylic acids is 2. The van der Waals surface area contributed by atoms with E-state index >= 15 is 0 Å². The zero-order valence-corrected chi connectivity index (χ0v) is 13.4. The Kier molecular flexibility index (Phi) is 4.31. The average molecular weight is 322 g/mol. The highest BCUT2D eigenvalue weighted by atomic mass is 16.5. The van der Waals surface area contributed by atoms with E-state index in [9.17, 15) is 9.59 Å². The van der Waals surface area contributed by atoms with Gasteiger partial charge in [-0.3, -0.25) is 19.3 Å². The molecule has 3 heterocycles. The van der Waals surface area contributed by atoms with E-state index in [0.29, 0.717) is 26.2 Å². The minimum Gasteiger partial charge on any atom is -0.374 e. The number of morpholine rings is 1. The number of amides is 3. The topological polar surface area (TPSA) is 92.6 Å². The Bertz CT molecular complexity index is 573. The van der Waals surface area contributed by atoms with Gasteiger partial charge in [0.25, 0.3) is 5.91 Å². The van der Waals surface area contributed by atoms with E-state index in [0.717, 1.165) is 13.1 Å². The van der Waals surface area contributed by atoms with E-state index in [1.807, 2.05) is 0 Å². The number of urea groups is 1. The Morgan fingerprint density at radius 1 is 1.39 bits per heavy atom. The van der Waals surface area contributed by atoms with E-state index in [1.165, 1.54) is 11.2 Å². The first-order valence-electron chi connectivity index (χ1n) is 7.76. The van der Waals surface area contributed by atoms with Gasteiger partial charge in [-0.1, -0.05) is 0 Å². The molecule has 9 heteroatoms. The maximum absolute atomic E-state index is 12.2. The number of rotatable bonds is 5. The van der Waals surface area contributed by atoms with Gasteiger partial charge in [-0.05, 0) is 13.8 Å². The Morgan fingerprint density at radius 3 is 2.87 bits per heavy atom. The molecule has 1 N–H and O–H groups in total. The minimum atomic E-state index is -0.808. The van der Waals surface area contributed by atoms with Gasteiger partial charge in [-0.15, -0.1) is 0 Å². The average Bonchev–Trinajstić information content (AvgIpc) is 3.06. The van der Waals surface area contributed by atoms with E-state index in [2.05, 4.69) is 20.3 Å². The van der Waals surface area contributed by atoms with Crippen LogP contribution in [-0.4, -0.2) is 80.9 Å². The molecule has 0 saturated carbocycles. The molecule has 1 aromatic heterocycles. The standard InChI is InChI=1S/C14H22N6O3/c1-14(2)12(21)20(13(22)17-14)4-3-18-5-6-23-11(7-18)8-19-10-15-9-16-19/h9-11H,3-8H2,1-2H3,(H,17,22)/t11-/m1/s1. The molecule has 3 amide bonds. The summed E-state index contributed by atoms with van der Waals surface area (Å²) >= 11 is 0. The lowest BCUT2D eigenvalue weighted by Gasteiger charge is -2.33. The zero-order chi connectivity index (χ0) is 16.4. The van der Waals surface area contributed by atoms with Crippen LogP contribution in [0.1, 0.15) is 13.8 Å². The van der Waals surface area contributed by atoms with Gasteiger partial charge in [0.15, 0.2) is 0 Å². The van der Waals surface area contributed by atoms with Gasteiger partial charge in [-0.2, -0.15) is 5.10 Å². The SMILES string of the molecule is CC1(C)NC(=O)N(CCN2CCO[C@@H](Cn3cncn3)C2)C1=O. The molecule has 23 heavy (non-hydrogen) atoms. The molecule has 2 fully saturated rings. The van der Waals surface area contributed by atoms with Crippen molar-refractivity contribution in [3.8, 4) is 0 Å². The number of aromatic nitrogens is 3. The molecule has 9 nitrogen and oxygen atoms in total. The van der Waals surface area contributed by atoms with Gasteiger partial charge < -0.3 is 10.1 Å². The number of ether oxygens (including phenoxy) is 1. The zero-order valence-electron chi connectivity index (χ0n) is 13.4. The van der Waals surface area contributed by atoms with Gasteiger partial charge in [0.1, 0.15) is 18.2 Å². The van der Waals surface area contributed by atoms with Crippen LogP contribution in [0, 0.1) is 0 Å². The summed E-state index contributed by atoms with van der Waals surface area (Å²) in [6.07, 6.45) is 3.20. The van der Waals surface area contributed by atoms with Crippen LogP contribution in [0.2, 0.25) is 0 Å². The van der Waals surface area contributed by atoms with Crippen LogP contribution in [-0.2, 0) is 16.1 Å². The van der Waals surface area contributed by atoms with E-state index in [4.69, 9.17) is 4.74 Å². The summed E-state index contributed by atoms with van der Waals surface area (Å²) in [6, 6.07) is -0.313. The van der Waals surface area contributed by atoms with Gasteiger partial charge in [-0.25, -0.2) is 9.78 Å². The third-order valence-electron chi connectivity index (χ3n) is 4.16. The van der Waals surface area contributed by atoms with Crippen molar-refractivity contribution in [1.82, 2.24) is 29.9 Å². The monoisotopic (exact) mass is 322 g/mol. The van der Waals surface area contributed by atoms with Crippen molar-refractivity contribution in [3.63, 3.8) is 0 Å². The summed E-state index contributed by atoms with van der Waals surface area (Å²) in [6.45, 7) is 7.29. The first kappa shape index (κ1) is 15.9. The molecule has 2 aliphatic heterocycles. The molecule has 1 aromatic rings. The fourth-order valence-corrected chi connectivity index (χ4v) is 2.89. The second kappa shape index (κ2) is 6.25. The quantitative estimate of drug-likeness (QED) is 0.721. The Morgan fingerprint density at radius 2 is 2.22 bits per heavy atom. The van der Waals surface area contributed by atoms with E-state index in [-0.39, 0.29) is 18.0 Å². The number of nitrogens with zero attached hydrogens (tertiary/aromatic N) is 5. The van der Waals surface area contributed by atoms with Crippen molar-refractivity contribution in [3.05, 3.63) is 12.7 Å². The molecule has 126 valence electrons. The molecule has 0 bridgehead atoms. The molecule has 0 aliphatic carbocycles. The summed E-state index contributed by atoms with van der Waals surface area (Å²) in [5.41, 5.74) is -0.808. The Balaban J connectivity index is 1.50. The van der Waals surface area contributed by atoms with Crippen LogP contribution in [0.15, 0.2) is 12.7 Å². The molecule has 0 aromatic carbocycles. The predicted octanol–water partition coefficient (Wildman–Crippen LogP) is -0.691. The first-order chi connectivity index (χ1) is 11.0. The maximum atomic E-state index is 12.2. The highest BCUT2D eigenvalue weighted by Gasteiger charge is 2.44. The number of hydrogen-bond donors (Lipinski definition) is 1. The van der Waals surface area contributed by atoms with Crippen molar-refractivity contribution in [1.29, 1.82) is 0 Å². The lowest BCUT2D eigenvalue weighted by Crippen LogP contribution is -2.48. The number of nitrogens with one attached hydrogen (secondary N) is 1. The molecule has 0 radical (unpaired) electrons. The van der Waals surface area contributed by atoms with Gasteiger partial charge in [0, 0.05) is 26.2 Å². The normalized spacial score (nSPS) is 25.0. The smallest absolute Gasteiger partial charge is 0.325 e. The highest BCUT2D eigenvalue weighted by Crippen LogP contribution is 2.16. The van der Waals surface area contributed by atoms with Crippen molar-refractivity contribution >= 4 is 11.9 Å². The van der Waals surface area contributed by atoms with E-state index < -0.39 is 5.54 Å². The van der Waals surface area contributed by atoms with E-state index in [1.54, 1.807) is 24.9 Å². The summed E-state index contributed by atoms with van der Waals surface area (Å²) in [5.74, 6) is -0.171. The molecule has 3 rings (SSSR count). The molecule has 0 unspecified atom stereocenters. The van der Waals surface area contributed by atoms with Crippen LogP contribution >= 0.6 is 0 Å². The molecular weight excluding hydrogens is 300 g/mol. The minimum absolute atomic E-state index is 0.0324. The fraction of sp³-hybridized carbons (Fsp3) is 0.714. The highest BCUT2D eigenvalue weighted by molar-refractivity contribution is 6.06. The Hall–Kier alpha value is -2.00. The maximum Gasteiger partial charge on any atom is 0.325 e. The van der Waals surface area contributed by atoms with Crippen molar-refractivity contribution in [2.45, 2.75) is 32.0 Å². The molecule has 1 atom stereocenters. The second-order valence-electron chi connectivity index (χ2n) is 6.42. The molecular formula is C14H22N6O3. The van der Waals surface area contributed by atoms with Gasteiger partial charge >= 0.3 is 6.03 Å². The largest absolute Gasteiger partial charge is 0.374 e. The number of imide groups is 1. The number of hydrogen-bond acceptors (Lipinski definition) is 6. The van der Waals surface area contributed by atoms with Crippen LogP contribution < -0.4 is 5.32 Å². The number of carbonyl (C=O) groups is 2. The fourth-order valence-electron chi connectivity index (χ4n) is 2.89. The lowest BCUT2D eigenvalue weighted by atomic mass is 10.1. The summed E-state index contributed by atoms with van der Waals surface area (Å²) < 4.78 is 7.48. The summed E-state index contributed by atoms with van der Waals surface area (Å²) in [7, 11) is 0. The van der Waals surface area contributed by atoms with Crippen molar-refractivity contribution < 1.29 is 14.3 Å². The van der Waals surface area contributed by atoms with Gasteiger partial charge in [0.2, 0.25) is 0 Å². The first-order valence-corrected chi connectivity index (χ1v) is 7.76. The van der Waals surface area contributed by atoms with Gasteiger partial charge in [0.05, 0.1) is 19.3 Å². The van der Waals surface area contributed by atoms with Crippen molar-refractivity contribution in [2.75, 3.05) is 32.8 Å². The lowest BCUT2D eigenvalue weighted by molar-refractivity contribution is -0.130. The Labute approximate surface area is 134 Å². The van der Waals surface area contributed by atoms with Crippen LogP contribution in [0.5, 0.6) is 0 Å². The van der Waals surface area contributed by atoms with Crippen LogP contribution in [0.4, 0.5) is 4.79 Å². The second-order valence-corrected chi connectivity index (χ2v) is 6.42. The molecule has 2 saturated heterocycles.